The van der Waals surface area contributed by atoms with E-state index < -0.39 is 22.0 Å². The van der Waals surface area contributed by atoms with Crippen molar-refractivity contribution >= 4 is 21.8 Å². The van der Waals surface area contributed by atoms with Gasteiger partial charge in [0, 0.05) is 18.3 Å². The summed E-state index contributed by atoms with van der Waals surface area (Å²) >= 11 is 0. The molecule has 2 N–H and O–H groups in total. The molecule has 0 saturated carbocycles. The molecule has 0 unspecified atom stereocenters. The van der Waals surface area contributed by atoms with Gasteiger partial charge < -0.3 is 10.4 Å². The number of aliphatic carboxylic acids is 1. The number of nitrogens with zero attached hydrogens (tertiary/aromatic N) is 2. The molecule has 0 aliphatic rings. The molecule has 1 rings (SSSR count). The van der Waals surface area contributed by atoms with Crippen molar-refractivity contribution in [2.24, 2.45) is 5.92 Å². The van der Waals surface area contributed by atoms with Gasteiger partial charge in [-0.05, 0) is 52.2 Å². The molecular weight excluding hydrogens is 342 g/mol. The van der Waals surface area contributed by atoms with Gasteiger partial charge in [-0.3, -0.25) is 0 Å². The minimum atomic E-state index is -3.65. The van der Waals surface area contributed by atoms with E-state index in [4.69, 9.17) is 0 Å². The second kappa shape index (κ2) is 8.62. The lowest BCUT2D eigenvalue weighted by molar-refractivity contribution is -0.138. The SMILES string of the molecule is CC(C)C[C@@H](Nc1ccc(S(=O)(=O)N(C(C)C)C(C)C)cn1)C(=O)O. The number of sulfonamides is 1. The summed E-state index contributed by atoms with van der Waals surface area (Å²) in [5.74, 6) is -0.412. The predicted molar refractivity (Wildman–Crippen MR) is 98.0 cm³/mol. The van der Waals surface area contributed by atoms with Crippen molar-refractivity contribution < 1.29 is 18.3 Å². The fourth-order valence-corrected chi connectivity index (χ4v) is 4.54. The Hall–Kier alpha value is -1.67. The van der Waals surface area contributed by atoms with Crippen LogP contribution in [0.15, 0.2) is 23.2 Å². The summed E-state index contributed by atoms with van der Waals surface area (Å²) in [5.41, 5.74) is 0. The molecule has 8 heteroatoms. The van der Waals surface area contributed by atoms with Gasteiger partial charge in [-0.1, -0.05) is 13.8 Å². The van der Waals surface area contributed by atoms with Gasteiger partial charge in [0.1, 0.15) is 16.8 Å². The first kappa shape index (κ1) is 21.4. The van der Waals surface area contributed by atoms with E-state index in [0.29, 0.717) is 12.2 Å². The van der Waals surface area contributed by atoms with Crippen LogP contribution in [0.25, 0.3) is 0 Å². The first-order valence-corrected chi connectivity index (χ1v) is 9.89. The Labute approximate surface area is 150 Å². The number of anilines is 1. The van der Waals surface area contributed by atoms with E-state index in [0.717, 1.165) is 0 Å². The third-order valence-electron chi connectivity index (χ3n) is 3.66. The zero-order valence-electron chi connectivity index (χ0n) is 15.7. The smallest absolute Gasteiger partial charge is 0.326 e. The maximum absolute atomic E-state index is 12.8. The largest absolute Gasteiger partial charge is 0.480 e. The van der Waals surface area contributed by atoms with Gasteiger partial charge in [0.05, 0.1) is 0 Å². The highest BCUT2D eigenvalue weighted by molar-refractivity contribution is 7.89. The third-order valence-corrected chi connectivity index (χ3v) is 5.89. The lowest BCUT2D eigenvalue weighted by atomic mass is 10.0. The zero-order chi connectivity index (χ0) is 19.4. The van der Waals surface area contributed by atoms with Crippen LogP contribution in [0.5, 0.6) is 0 Å². The van der Waals surface area contributed by atoms with E-state index in [9.17, 15) is 18.3 Å². The molecule has 0 aliphatic heterocycles. The molecule has 1 atom stereocenters. The van der Waals surface area contributed by atoms with Gasteiger partial charge in [-0.15, -0.1) is 0 Å². The van der Waals surface area contributed by atoms with E-state index in [1.165, 1.54) is 22.6 Å². The molecule has 142 valence electrons. The summed E-state index contributed by atoms with van der Waals surface area (Å²) in [6.45, 7) is 11.2. The minimum Gasteiger partial charge on any atom is -0.480 e. The standard InChI is InChI=1S/C17H29N3O4S/c1-11(2)9-15(17(21)22)19-16-8-7-14(10-18-16)25(23,24)20(12(3)4)13(5)6/h7-8,10-13,15H,9H2,1-6H3,(H,18,19)(H,21,22)/t15-/m1/s1. The highest BCUT2D eigenvalue weighted by Gasteiger charge is 2.29. The molecule has 25 heavy (non-hydrogen) atoms. The fourth-order valence-electron chi connectivity index (χ4n) is 2.76. The number of pyridine rings is 1. The molecule has 0 spiro atoms. The van der Waals surface area contributed by atoms with Crippen LogP contribution >= 0.6 is 0 Å². The van der Waals surface area contributed by atoms with Crippen LogP contribution in [0.2, 0.25) is 0 Å². The molecule has 1 aromatic heterocycles. The Bertz CT molecular complexity index is 662. The molecule has 0 aromatic carbocycles. The van der Waals surface area contributed by atoms with Crippen LogP contribution in [0.3, 0.4) is 0 Å². The Morgan fingerprint density at radius 3 is 2.08 bits per heavy atom. The second-order valence-electron chi connectivity index (χ2n) is 7.07. The molecule has 0 amide bonds. The average molecular weight is 372 g/mol. The van der Waals surface area contributed by atoms with Crippen molar-refractivity contribution in [1.82, 2.24) is 9.29 Å². The van der Waals surface area contributed by atoms with Gasteiger partial charge in [0.2, 0.25) is 10.0 Å². The topological polar surface area (TPSA) is 99.6 Å². The summed E-state index contributed by atoms with van der Waals surface area (Å²) in [6, 6.07) is 1.84. The van der Waals surface area contributed by atoms with Crippen LogP contribution in [-0.4, -0.2) is 46.9 Å². The Kier molecular flexibility index (Phi) is 7.37. The number of carboxylic acids is 1. The number of nitrogens with one attached hydrogen (secondary N) is 1. The zero-order valence-corrected chi connectivity index (χ0v) is 16.5. The lowest BCUT2D eigenvalue weighted by Gasteiger charge is -2.29. The maximum Gasteiger partial charge on any atom is 0.326 e. The molecule has 1 heterocycles. The van der Waals surface area contributed by atoms with Gasteiger partial charge in [0.15, 0.2) is 0 Å². The number of hydrogen-bond acceptors (Lipinski definition) is 5. The molecule has 0 fully saturated rings. The van der Waals surface area contributed by atoms with Crippen molar-refractivity contribution in [3.63, 3.8) is 0 Å². The van der Waals surface area contributed by atoms with Crippen molar-refractivity contribution in [2.75, 3.05) is 5.32 Å². The van der Waals surface area contributed by atoms with E-state index >= 15 is 0 Å². The highest BCUT2D eigenvalue weighted by Crippen LogP contribution is 2.21. The van der Waals surface area contributed by atoms with Gasteiger partial charge in [0.25, 0.3) is 0 Å². The molecule has 0 saturated heterocycles. The van der Waals surface area contributed by atoms with Crippen LogP contribution < -0.4 is 5.32 Å². The van der Waals surface area contributed by atoms with Gasteiger partial charge >= 0.3 is 5.97 Å². The molecule has 0 bridgehead atoms. The number of hydrogen-bond donors (Lipinski definition) is 2. The van der Waals surface area contributed by atoms with Crippen LogP contribution in [-0.2, 0) is 14.8 Å². The lowest BCUT2D eigenvalue weighted by Crippen LogP contribution is -2.41. The van der Waals surface area contributed by atoms with Crippen molar-refractivity contribution in [3.05, 3.63) is 18.3 Å². The van der Waals surface area contributed by atoms with Crippen molar-refractivity contribution in [2.45, 2.75) is 71.0 Å². The fraction of sp³-hybridized carbons (Fsp3) is 0.647. The van der Waals surface area contributed by atoms with E-state index in [-0.39, 0.29) is 22.9 Å². The quantitative estimate of drug-likeness (QED) is 0.692. The third kappa shape index (κ3) is 5.67. The number of carbonyl (C=O) groups is 1. The normalized spacial score (nSPS) is 13.7. The van der Waals surface area contributed by atoms with Gasteiger partial charge in [-0.2, -0.15) is 4.31 Å². The molecule has 0 radical (unpaired) electrons. The van der Waals surface area contributed by atoms with E-state index in [1.54, 1.807) is 0 Å². The average Bonchev–Trinajstić information content (AvgIpc) is 2.45. The molecule has 7 nitrogen and oxygen atoms in total. The summed E-state index contributed by atoms with van der Waals surface area (Å²) < 4.78 is 27.0. The highest BCUT2D eigenvalue weighted by atomic mass is 32.2. The summed E-state index contributed by atoms with van der Waals surface area (Å²) in [5, 5.41) is 12.1. The molecule has 1 aromatic rings. The Balaban J connectivity index is 3.04. The molecule has 0 aliphatic carbocycles. The number of carboxylic acid groups (broad SMARTS) is 1. The van der Waals surface area contributed by atoms with E-state index in [1.807, 2.05) is 41.5 Å². The Morgan fingerprint density at radius 1 is 1.16 bits per heavy atom. The summed E-state index contributed by atoms with van der Waals surface area (Å²) in [7, 11) is -3.65. The van der Waals surface area contributed by atoms with Crippen LogP contribution in [0.1, 0.15) is 48.0 Å². The van der Waals surface area contributed by atoms with Crippen molar-refractivity contribution in [3.8, 4) is 0 Å². The van der Waals surface area contributed by atoms with Crippen LogP contribution in [0.4, 0.5) is 5.82 Å². The maximum atomic E-state index is 12.8. The van der Waals surface area contributed by atoms with E-state index in [2.05, 4.69) is 10.3 Å². The first-order valence-electron chi connectivity index (χ1n) is 8.45. The summed E-state index contributed by atoms with van der Waals surface area (Å²) in [6.07, 6.45) is 1.72. The van der Waals surface area contributed by atoms with Crippen molar-refractivity contribution in [1.29, 1.82) is 0 Å². The molecular formula is C17H29N3O4S. The minimum absolute atomic E-state index is 0.0937. The number of aromatic nitrogens is 1. The number of rotatable bonds is 9. The van der Waals surface area contributed by atoms with Crippen LogP contribution in [0, 0.1) is 5.92 Å². The Morgan fingerprint density at radius 2 is 1.72 bits per heavy atom. The van der Waals surface area contributed by atoms with Gasteiger partial charge in [-0.25, -0.2) is 18.2 Å². The first-order chi connectivity index (χ1) is 11.5. The second-order valence-corrected chi connectivity index (χ2v) is 8.91. The monoisotopic (exact) mass is 371 g/mol. The predicted octanol–water partition coefficient (Wildman–Crippen LogP) is 2.80. The summed E-state index contributed by atoms with van der Waals surface area (Å²) in [4.78, 5) is 15.5.